The molecule has 0 radical (unpaired) electrons. The van der Waals surface area contributed by atoms with Crippen molar-refractivity contribution in [1.82, 2.24) is 0 Å². The highest BCUT2D eigenvalue weighted by Gasteiger charge is 2.22. The second kappa shape index (κ2) is 26.3. The molecule has 0 atom stereocenters. The summed E-state index contributed by atoms with van der Waals surface area (Å²) in [7, 11) is 0. The first kappa shape index (κ1) is 52.6. The highest BCUT2D eigenvalue weighted by Crippen LogP contribution is 2.27. The maximum atomic E-state index is 10.8. The molecule has 0 aliphatic carbocycles. The van der Waals surface area contributed by atoms with Gasteiger partial charge in [0, 0.05) is 106 Å². The number of anilines is 3. The second-order valence-corrected chi connectivity index (χ2v) is 17.0. The Morgan fingerprint density at radius 2 is 0.373 bits per heavy atom. The van der Waals surface area contributed by atoms with Crippen LogP contribution in [0.3, 0.4) is 0 Å². The zero-order valence-electron chi connectivity index (χ0n) is 43.3. The van der Waals surface area contributed by atoms with Crippen molar-refractivity contribution in [3.8, 4) is 89.3 Å². The minimum atomic E-state index is 0.0169. The van der Waals surface area contributed by atoms with E-state index < -0.39 is 0 Å². The number of hydrogen-bond donors (Lipinski definition) is 0. The summed E-state index contributed by atoms with van der Waals surface area (Å²) in [5.41, 5.74) is 11.0. The molecule has 7 aromatic rings. The first-order valence-corrected chi connectivity index (χ1v) is 25.2. The predicted octanol–water partition coefficient (Wildman–Crippen LogP) is 12.2. The maximum absolute atomic E-state index is 10.8. The van der Waals surface area contributed by atoms with Crippen molar-refractivity contribution in [1.29, 1.82) is 15.8 Å². The molecule has 0 amide bonds. The molecule has 360 valence electrons. The third-order valence-corrected chi connectivity index (χ3v) is 12.5. The Balaban J connectivity index is 1.22. The fourth-order valence-corrected chi connectivity index (χ4v) is 8.24. The molecule has 7 rings (SSSR count). The molecule has 0 N–H and O–H groups in total. The molecule has 6 heteroatoms. The summed E-state index contributed by atoms with van der Waals surface area (Å²) in [6, 6.07) is 53.7. The Hall–Kier alpha value is -10.2. The van der Waals surface area contributed by atoms with Crippen molar-refractivity contribution < 1.29 is 0 Å². The Kier molecular flexibility index (Phi) is 18.4. The van der Waals surface area contributed by atoms with Crippen molar-refractivity contribution in [2.75, 3.05) is 54.0 Å². The molecule has 0 aromatic heterocycles. The van der Waals surface area contributed by atoms with Gasteiger partial charge in [-0.1, -0.05) is 71.0 Å². The summed E-state index contributed by atoms with van der Waals surface area (Å²) >= 11 is 0. The lowest BCUT2D eigenvalue weighted by molar-refractivity contribution is 0.866. The minimum Gasteiger partial charge on any atom is -0.372 e. The quantitative estimate of drug-likeness (QED) is 0.134. The van der Waals surface area contributed by atoms with Crippen LogP contribution in [0.15, 0.2) is 146 Å². The van der Waals surface area contributed by atoms with Crippen LogP contribution in [0.25, 0.3) is 0 Å². The monoisotopic (exact) mass is 966 g/mol. The minimum absolute atomic E-state index is 0.0169. The van der Waals surface area contributed by atoms with Crippen molar-refractivity contribution in [3.63, 3.8) is 0 Å². The molecule has 0 saturated carbocycles. The molecule has 0 saturated heterocycles. The molecule has 75 heavy (non-hydrogen) atoms. The molecule has 0 aliphatic rings. The van der Waals surface area contributed by atoms with Gasteiger partial charge in [-0.3, -0.25) is 0 Å². The lowest BCUT2D eigenvalue weighted by Crippen LogP contribution is -2.21. The summed E-state index contributed by atoms with van der Waals surface area (Å²) in [4.78, 5) is 6.86. The lowest BCUT2D eigenvalue weighted by atomic mass is 9.87. The summed E-state index contributed by atoms with van der Waals surface area (Å²) in [6.07, 6.45) is 0. The number of hydrogen-bond acceptors (Lipinski definition) is 6. The zero-order chi connectivity index (χ0) is 52.9. The molecular weight excluding hydrogens is 913 g/mol. The Bertz CT molecular complexity index is 3270. The second-order valence-electron chi connectivity index (χ2n) is 17.0. The molecule has 0 unspecified atom stereocenters. The van der Waals surface area contributed by atoms with E-state index in [-0.39, 0.29) is 33.4 Å². The van der Waals surface area contributed by atoms with Crippen molar-refractivity contribution in [3.05, 3.63) is 229 Å². The van der Waals surface area contributed by atoms with Gasteiger partial charge in [-0.05, 0) is 187 Å². The van der Waals surface area contributed by atoms with Gasteiger partial charge in [-0.15, -0.1) is 0 Å². The van der Waals surface area contributed by atoms with Crippen LogP contribution in [0.1, 0.15) is 125 Å². The van der Waals surface area contributed by atoms with E-state index >= 15 is 0 Å². The first-order valence-electron chi connectivity index (χ1n) is 25.2. The number of benzene rings is 7. The molecular formula is C69H54N6. The van der Waals surface area contributed by atoms with Crippen LogP contribution in [0.2, 0.25) is 0 Å². The predicted molar refractivity (Wildman–Crippen MR) is 306 cm³/mol. The zero-order valence-corrected chi connectivity index (χ0v) is 43.3. The van der Waals surface area contributed by atoms with Crippen LogP contribution < -0.4 is 14.7 Å². The van der Waals surface area contributed by atoms with Crippen molar-refractivity contribution in [2.24, 2.45) is 0 Å². The van der Waals surface area contributed by atoms with E-state index in [2.05, 4.69) is 182 Å². The Morgan fingerprint density at radius 3 is 0.520 bits per heavy atom. The van der Waals surface area contributed by atoms with Gasteiger partial charge in [0.2, 0.25) is 0 Å². The third kappa shape index (κ3) is 13.6. The molecule has 0 spiro atoms. The van der Waals surface area contributed by atoms with Gasteiger partial charge in [0.05, 0.1) is 33.4 Å². The van der Waals surface area contributed by atoms with Crippen LogP contribution in [0, 0.1) is 105 Å². The molecule has 6 nitrogen and oxygen atoms in total. The summed E-state index contributed by atoms with van der Waals surface area (Å²) in [5, 5.41) is 32.3. The van der Waals surface area contributed by atoms with Gasteiger partial charge in [0.25, 0.3) is 0 Å². The standard InChI is InChI=1S/C69H54N6/c1-7-73(8-2)61-40-31-58(32-41-61)28-19-52-13-22-55(23-14-52)37-46-64-67(49-70)65(47-38-56-24-15-53(16-25-56)20-29-59-33-42-62(43-34-59)74(9-3)10-4)69(51-72)66(68(64)50-71)48-39-57-26-17-54(18-27-57)21-30-60-35-44-63(45-36-60)75(11-5)12-6/h13-18,22-27,31-36,40-45H,7-12H2,1-6H3. The topological polar surface area (TPSA) is 81.1 Å². The van der Waals surface area contributed by atoms with Crippen LogP contribution in [0.5, 0.6) is 0 Å². The highest BCUT2D eigenvalue weighted by atomic mass is 15.1. The average molecular weight is 967 g/mol. The highest BCUT2D eigenvalue weighted by molar-refractivity contribution is 5.76. The van der Waals surface area contributed by atoms with Crippen LogP contribution in [-0.4, -0.2) is 39.3 Å². The SMILES string of the molecule is CCN(CC)c1ccc(C#Cc2ccc(C#Cc3c(C#N)c(C#Cc4ccc(C#Cc5ccc(N(CC)CC)cc5)cc4)c(C#N)c(C#Cc4ccc(C#Cc5ccc(N(CC)CC)cc5)cc4)c3C#N)cc2)cc1. The normalized spacial score (nSPS) is 9.64. The van der Waals surface area contributed by atoms with Gasteiger partial charge in [-0.25, -0.2) is 0 Å². The van der Waals surface area contributed by atoms with E-state index in [1.54, 1.807) is 0 Å². The molecule has 0 aliphatic heterocycles. The van der Waals surface area contributed by atoms with Gasteiger partial charge in [-0.2, -0.15) is 15.8 Å². The fraction of sp³-hybridized carbons (Fsp3) is 0.174. The van der Waals surface area contributed by atoms with Gasteiger partial charge in [0.15, 0.2) is 0 Å². The van der Waals surface area contributed by atoms with E-state index in [0.29, 0.717) is 16.7 Å². The molecule has 0 fully saturated rings. The summed E-state index contributed by atoms with van der Waals surface area (Å²) < 4.78 is 0. The number of rotatable bonds is 9. The third-order valence-electron chi connectivity index (χ3n) is 12.5. The van der Waals surface area contributed by atoms with Gasteiger partial charge < -0.3 is 14.7 Å². The largest absolute Gasteiger partial charge is 0.372 e. The number of nitrogens with zero attached hydrogens (tertiary/aromatic N) is 6. The van der Waals surface area contributed by atoms with Crippen molar-refractivity contribution in [2.45, 2.75) is 41.5 Å². The summed E-state index contributed by atoms with van der Waals surface area (Å²) in [5.74, 6) is 38.2. The van der Waals surface area contributed by atoms with Crippen LogP contribution >= 0.6 is 0 Å². The van der Waals surface area contributed by atoms with E-state index in [1.165, 1.54) is 0 Å². The maximum Gasteiger partial charge on any atom is 0.102 e. The number of nitriles is 3. The van der Waals surface area contributed by atoms with Crippen LogP contribution in [-0.2, 0) is 0 Å². The Morgan fingerprint density at radius 1 is 0.227 bits per heavy atom. The smallest absolute Gasteiger partial charge is 0.102 e. The Labute approximate surface area is 444 Å². The molecule has 0 heterocycles. The lowest BCUT2D eigenvalue weighted by Gasteiger charge is -2.20. The molecule has 7 aromatic carbocycles. The summed E-state index contributed by atoms with van der Waals surface area (Å²) in [6.45, 7) is 18.4. The van der Waals surface area contributed by atoms with E-state index in [4.69, 9.17) is 0 Å². The fourth-order valence-electron chi connectivity index (χ4n) is 8.24. The van der Waals surface area contributed by atoms with E-state index in [1.807, 2.05) is 109 Å². The van der Waals surface area contributed by atoms with E-state index in [9.17, 15) is 15.8 Å². The first-order chi connectivity index (χ1) is 36.7. The molecule has 0 bridgehead atoms. The van der Waals surface area contributed by atoms with E-state index in [0.717, 1.165) is 89.7 Å². The van der Waals surface area contributed by atoms with Gasteiger partial charge >= 0.3 is 0 Å². The van der Waals surface area contributed by atoms with Crippen molar-refractivity contribution >= 4 is 17.1 Å². The van der Waals surface area contributed by atoms with Gasteiger partial charge in [0.1, 0.15) is 18.2 Å². The average Bonchev–Trinajstić information content (AvgIpc) is 3.46. The van der Waals surface area contributed by atoms with Crippen LogP contribution in [0.4, 0.5) is 17.1 Å².